The molecule has 0 saturated heterocycles. The minimum absolute atomic E-state index is 0.154. The number of nitrogens with one attached hydrogen (secondary N) is 1. The van der Waals surface area contributed by atoms with Gasteiger partial charge in [-0.15, -0.1) is 0 Å². The fourth-order valence-electron chi connectivity index (χ4n) is 2.11. The lowest BCUT2D eigenvalue weighted by atomic mass is 10.0. The minimum atomic E-state index is -0.946. The number of aromatic carboxylic acids is 1. The minimum Gasteiger partial charge on any atom is -0.478 e. The Morgan fingerprint density at radius 2 is 1.59 bits per heavy atom. The Morgan fingerprint density at radius 3 is 2.14 bits per heavy atom. The molecule has 0 bridgehead atoms. The molecule has 3 aromatic rings. The van der Waals surface area contributed by atoms with Gasteiger partial charge in [0, 0.05) is 29.6 Å². The second-order valence-corrected chi connectivity index (χ2v) is 4.76. The molecule has 5 heteroatoms. The second kappa shape index (κ2) is 5.65. The zero-order chi connectivity index (χ0) is 15.5. The van der Waals surface area contributed by atoms with E-state index in [1.54, 1.807) is 42.7 Å². The predicted molar refractivity (Wildman–Crippen MR) is 82.7 cm³/mol. The quantitative estimate of drug-likeness (QED) is 0.777. The van der Waals surface area contributed by atoms with Crippen molar-refractivity contribution in [3.63, 3.8) is 0 Å². The molecule has 0 aliphatic heterocycles. The standard InChI is InChI=1S/C17H12N2O3/c20-16-8-6-14(10-19-16)15-7-5-13(9-18-15)11-1-3-12(4-2-11)17(21)22/h1-10H,(H,19,20)(H,21,22). The number of carboxylic acid groups (broad SMARTS) is 1. The Labute approximate surface area is 125 Å². The molecule has 2 aromatic heterocycles. The van der Waals surface area contributed by atoms with Crippen LogP contribution in [0, 0.1) is 0 Å². The monoisotopic (exact) mass is 292 g/mol. The van der Waals surface area contributed by atoms with E-state index in [0.717, 1.165) is 22.4 Å². The average Bonchev–Trinajstić information content (AvgIpc) is 2.56. The highest BCUT2D eigenvalue weighted by atomic mass is 16.4. The van der Waals surface area contributed by atoms with Gasteiger partial charge in [0.05, 0.1) is 11.3 Å². The Balaban J connectivity index is 1.89. The summed E-state index contributed by atoms with van der Waals surface area (Å²) in [5.41, 5.74) is 3.46. The van der Waals surface area contributed by atoms with Crippen LogP contribution in [0.1, 0.15) is 10.4 Å². The summed E-state index contributed by atoms with van der Waals surface area (Å²) in [7, 11) is 0. The third kappa shape index (κ3) is 2.78. The molecule has 0 fully saturated rings. The SMILES string of the molecule is O=C(O)c1ccc(-c2ccc(-c3ccc(=O)[nH]c3)nc2)cc1. The summed E-state index contributed by atoms with van der Waals surface area (Å²) in [4.78, 5) is 28.9. The summed E-state index contributed by atoms with van der Waals surface area (Å²) in [6.07, 6.45) is 3.34. The van der Waals surface area contributed by atoms with Gasteiger partial charge in [0.25, 0.3) is 0 Å². The molecule has 0 radical (unpaired) electrons. The number of H-pyrrole nitrogens is 1. The lowest BCUT2D eigenvalue weighted by Crippen LogP contribution is -2.01. The number of nitrogens with zero attached hydrogens (tertiary/aromatic N) is 1. The highest BCUT2D eigenvalue weighted by Crippen LogP contribution is 2.22. The number of hydrogen-bond acceptors (Lipinski definition) is 3. The van der Waals surface area contributed by atoms with Gasteiger partial charge in [0.2, 0.25) is 5.56 Å². The normalized spacial score (nSPS) is 10.4. The summed E-state index contributed by atoms with van der Waals surface area (Å²) < 4.78 is 0. The molecular weight excluding hydrogens is 280 g/mol. The molecule has 0 atom stereocenters. The van der Waals surface area contributed by atoms with E-state index in [4.69, 9.17) is 5.11 Å². The number of aromatic amines is 1. The third-order valence-electron chi connectivity index (χ3n) is 3.31. The maximum Gasteiger partial charge on any atom is 0.335 e. The van der Waals surface area contributed by atoms with Crippen LogP contribution in [0.2, 0.25) is 0 Å². The van der Waals surface area contributed by atoms with Crippen LogP contribution in [0.4, 0.5) is 0 Å². The lowest BCUT2D eigenvalue weighted by molar-refractivity contribution is 0.0697. The first-order valence-electron chi connectivity index (χ1n) is 6.62. The molecule has 3 rings (SSSR count). The molecule has 0 aliphatic carbocycles. The Hall–Kier alpha value is -3.21. The van der Waals surface area contributed by atoms with Gasteiger partial charge in [-0.05, 0) is 29.8 Å². The maximum absolute atomic E-state index is 11.0. The van der Waals surface area contributed by atoms with Crippen molar-refractivity contribution in [3.05, 3.63) is 76.8 Å². The number of benzene rings is 1. The van der Waals surface area contributed by atoms with Crippen LogP contribution >= 0.6 is 0 Å². The first-order chi connectivity index (χ1) is 10.6. The number of carboxylic acids is 1. The summed E-state index contributed by atoms with van der Waals surface area (Å²) >= 11 is 0. The van der Waals surface area contributed by atoms with Gasteiger partial charge in [-0.1, -0.05) is 18.2 Å². The predicted octanol–water partition coefficient (Wildman–Crippen LogP) is 2.80. The van der Waals surface area contributed by atoms with Gasteiger partial charge < -0.3 is 10.1 Å². The molecule has 0 aliphatic rings. The molecular formula is C17H12N2O3. The molecule has 0 unspecified atom stereocenters. The van der Waals surface area contributed by atoms with E-state index in [1.807, 2.05) is 12.1 Å². The molecule has 0 amide bonds. The fraction of sp³-hybridized carbons (Fsp3) is 0. The van der Waals surface area contributed by atoms with Crippen LogP contribution < -0.4 is 5.56 Å². The van der Waals surface area contributed by atoms with Crippen molar-refractivity contribution in [2.75, 3.05) is 0 Å². The van der Waals surface area contributed by atoms with Crippen LogP contribution in [-0.2, 0) is 0 Å². The highest BCUT2D eigenvalue weighted by molar-refractivity contribution is 5.88. The van der Waals surface area contributed by atoms with Crippen LogP contribution in [0.3, 0.4) is 0 Å². The summed E-state index contributed by atoms with van der Waals surface area (Å²) in [5, 5.41) is 8.89. The number of rotatable bonds is 3. The maximum atomic E-state index is 11.0. The molecule has 2 heterocycles. The Kier molecular flexibility index (Phi) is 3.53. The van der Waals surface area contributed by atoms with Crippen molar-refractivity contribution >= 4 is 5.97 Å². The lowest BCUT2D eigenvalue weighted by Gasteiger charge is -2.04. The molecule has 0 spiro atoms. The van der Waals surface area contributed by atoms with Gasteiger partial charge in [-0.25, -0.2) is 4.79 Å². The fourth-order valence-corrected chi connectivity index (χ4v) is 2.11. The second-order valence-electron chi connectivity index (χ2n) is 4.76. The van der Waals surface area contributed by atoms with E-state index in [-0.39, 0.29) is 11.1 Å². The van der Waals surface area contributed by atoms with E-state index in [0.29, 0.717) is 0 Å². The number of pyridine rings is 2. The van der Waals surface area contributed by atoms with Gasteiger partial charge >= 0.3 is 5.97 Å². The summed E-state index contributed by atoms with van der Waals surface area (Å²) in [6.45, 7) is 0. The molecule has 1 aromatic carbocycles. The van der Waals surface area contributed by atoms with Crippen molar-refractivity contribution in [3.8, 4) is 22.4 Å². The highest BCUT2D eigenvalue weighted by Gasteiger charge is 2.04. The smallest absolute Gasteiger partial charge is 0.335 e. The topological polar surface area (TPSA) is 83.0 Å². The molecule has 5 nitrogen and oxygen atoms in total. The number of carbonyl (C=O) groups is 1. The Morgan fingerprint density at radius 1 is 0.909 bits per heavy atom. The van der Waals surface area contributed by atoms with Gasteiger partial charge in [0.1, 0.15) is 0 Å². The number of hydrogen-bond donors (Lipinski definition) is 2. The first-order valence-corrected chi connectivity index (χ1v) is 6.62. The van der Waals surface area contributed by atoms with Crippen molar-refractivity contribution in [1.82, 2.24) is 9.97 Å². The van der Waals surface area contributed by atoms with Crippen molar-refractivity contribution in [2.45, 2.75) is 0 Å². The zero-order valence-electron chi connectivity index (χ0n) is 11.5. The van der Waals surface area contributed by atoms with Crippen molar-refractivity contribution < 1.29 is 9.90 Å². The van der Waals surface area contributed by atoms with E-state index >= 15 is 0 Å². The molecule has 22 heavy (non-hydrogen) atoms. The Bertz CT molecular complexity index is 845. The van der Waals surface area contributed by atoms with Crippen LogP contribution in [-0.4, -0.2) is 21.0 Å². The zero-order valence-corrected chi connectivity index (χ0v) is 11.5. The summed E-state index contributed by atoms with van der Waals surface area (Å²) in [5.74, 6) is -0.946. The van der Waals surface area contributed by atoms with E-state index in [1.165, 1.54) is 6.07 Å². The van der Waals surface area contributed by atoms with E-state index in [9.17, 15) is 9.59 Å². The van der Waals surface area contributed by atoms with Gasteiger partial charge in [-0.2, -0.15) is 0 Å². The third-order valence-corrected chi connectivity index (χ3v) is 3.31. The van der Waals surface area contributed by atoms with E-state index in [2.05, 4.69) is 9.97 Å². The largest absolute Gasteiger partial charge is 0.478 e. The molecule has 0 saturated carbocycles. The van der Waals surface area contributed by atoms with Crippen LogP contribution in [0.15, 0.2) is 65.7 Å². The average molecular weight is 292 g/mol. The van der Waals surface area contributed by atoms with Crippen LogP contribution in [0.25, 0.3) is 22.4 Å². The first kappa shape index (κ1) is 13.8. The van der Waals surface area contributed by atoms with Crippen LogP contribution in [0.5, 0.6) is 0 Å². The number of aromatic nitrogens is 2. The van der Waals surface area contributed by atoms with Gasteiger partial charge in [0.15, 0.2) is 0 Å². The van der Waals surface area contributed by atoms with Crippen molar-refractivity contribution in [2.24, 2.45) is 0 Å². The summed E-state index contributed by atoms with van der Waals surface area (Å²) in [6, 6.07) is 13.6. The van der Waals surface area contributed by atoms with Crippen molar-refractivity contribution in [1.29, 1.82) is 0 Å². The van der Waals surface area contributed by atoms with Gasteiger partial charge in [-0.3, -0.25) is 9.78 Å². The van der Waals surface area contributed by atoms with E-state index < -0.39 is 5.97 Å². The molecule has 108 valence electrons. The molecule has 2 N–H and O–H groups in total.